The highest BCUT2D eigenvalue weighted by atomic mass is 79.9. The molecule has 17 heavy (non-hydrogen) atoms. The smallest absolute Gasteiger partial charge is 0.0462 e. The molecule has 0 radical (unpaired) electrons. The van der Waals surface area contributed by atoms with Crippen molar-refractivity contribution >= 4 is 27.5 Å². The third-order valence-corrected chi connectivity index (χ3v) is 4.17. The first-order chi connectivity index (χ1) is 8.16. The summed E-state index contributed by atoms with van der Waals surface area (Å²) in [7, 11) is 0. The fraction of sp³-hybridized carbons (Fsp3) is 0.538. The van der Waals surface area contributed by atoms with Crippen LogP contribution >= 0.6 is 27.5 Å². The van der Waals surface area contributed by atoms with Crippen LogP contribution in [0.25, 0.3) is 0 Å². The quantitative estimate of drug-likeness (QED) is 0.900. The van der Waals surface area contributed by atoms with Gasteiger partial charge in [0.25, 0.3) is 0 Å². The minimum atomic E-state index is 0.615. The van der Waals surface area contributed by atoms with Gasteiger partial charge in [-0.15, -0.1) is 0 Å². The van der Waals surface area contributed by atoms with Gasteiger partial charge in [0.15, 0.2) is 0 Å². The molecule has 1 saturated heterocycles. The minimum Gasteiger partial charge on any atom is -0.315 e. The molecule has 1 atom stereocenters. The fourth-order valence-electron chi connectivity index (χ4n) is 2.17. The average Bonchev–Trinajstić information content (AvgIpc) is 2.48. The molecule has 1 aliphatic rings. The molecule has 0 saturated carbocycles. The van der Waals surface area contributed by atoms with E-state index in [2.05, 4.69) is 45.2 Å². The van der Waals surface area contributed by atoms with Crippen LogP contribution in [0.5, 0.6) is 0 Å². The Kier molecular flexibility index (Phi) is 4.86. The molecule has 1 heterocycles. The zero-order valence-electron chi connectivity index (χ0n) is 10.0. The highest BCUT2D eigenvalue weighted by Gasteiger charge is 2.17. The van der Waals surface area contributed by atoms with Crippen LogP contribution in [0, 0.1) is 0 Å². The zero-order chi connectivity index (χ0) is 12.3. The maximum Gasteiger partial charge on any atom is 0.0462 e. The van der Waals surface area contributed by atoms with Gasteiger partial charge >= 0.3 is 0 Å². The molecule has 1 unspecified atom stereocenters. The van der Waals surface area contributed by atoms with Gasteiger partial charge in [0.2, 0.25) is 0 Å². The van der Waals surface area contributed by atoms with Crippen LogP contribution in [0.2, 0.25) is 5.02 Å². The Morgan fingerprint density at radius 2 is 2.29 bits per heavy atom. The van der Waals surface area contributed by atoms with Crippen molar-refractivity contribution in [3.8, 4) is 0 Å². The number of hydrogen-bond donors (Lipinski definition) is 1. The lowest BCUT2D eigenvalue weighted by Crippen LogP contribution is -2.33. The monoisotopic (exact) mass is 316 g/mol. The predicted molar refractivity (Wildman–Crippen MR) is 76.5 cm³/mol. The van der Waals surface area contributed by atoms with E-state index in [1.54, 1.807) is 0 Å². The molecule has 1 aromatic rings. The van der Waals surface area contributed by atoms with E-state index in [-0.39, 0.29) is 0 Å². The SMILES string of the molecule is CC1CCNCCN1Cc1ccc(Br)cc1Cl. The number of nitrogens with one attached hydrogen (secondary N) is 1. The van der Waals surface area contributed by atoms with Gasteiger partial charge in [0.05, 0.1) is 0 Å². The first-order valence-electron chi connectivity index (χ1n) is 6.05. The lowest BCUT2D eigenvalue weighted by Gasteiger charge is -2.26. The van der Waals surface area contributed by atoms with Gasteiger partial charge in [0.1, 0.15) is 0 Å². The Bertz CT molecular complexity index is 384. The highest BCUT2D eigenvalue weighted by Crippen LogP contribution is 2.23. The maximum atomic E-state index is 6.26. The summed E-state index contributed by atoms with van der Waals surface area (Å²) in [5.74, 6) is 0. The molecule has 0 spiro atoms. The van der Waals surface area contributed by atoms with Crippen molar-refractivity contribution in [2.75, 3.05) is 19.6 Å². The van der Waals surface area contributed by atoms with E-state index >= 15 is 0 Å². The number of rotatable bonds is 2. The van der Waals surface area contributed by atoms with Gasteiger partial charge in [-0.25, -0.2) is 0 Å². The third kappa shape index (κ3) is 3.68. The Morgan fingerprint density at radius 1 is 1.47 bits per heavy atom. The molecule has 4 heteroatoms. The Balaban J connectivity index is 2.08. The van der Waals surface area contributed by atoms with Crippen molar-refractivity contribution in [2.45, 2.75) is 25.9 Å². The maximum absolute atomic E-state index is 6.26. The number of benzene rings is 1. The lowest BCUT2D eigenvalue weighted by atomic mass is 10.1. The van der Waals surface area contributed by atoms with E-state index in [0.717, 1.165) is 35.7 Å². The Labute approximate surface area is 116 Å². The molecular formula is C13H18BrClN2. The second-order valence-electron chi connectivity index (χ2n) is 4.59. The molecule has 0 aromatic heterocycles. The van der Waals surface area contributed by atoms with Crippen molar-refractivity contribution in [1.29, 1.82) is 0 Å². The van der Waals surface area contributed by atoms with Crippen LogP contribution in [0.1, 0.15) is 18.9 Å². The van der Waals surface area contributed by atoms with Gasteiger partial charge in [-0.05, 0) is 37.6 Å². The second kappa shape index (κ2) is 6.19. The van der Waals surface area contributed by atoms with Gasteiger partial charge < -0.3 is 5.32 Å². The summed E-state index contributed by atoms with van der Waals surface area (Å²) in [5.41, 5.74) is 1.21. The number of halogens is 2. The third-order valence-electron chi connectivity index (χ3n) is 3.33. The first-order valence-corrected chi connectivity index (χ1v) is 7.22. The van der Waals surface area contributed by atoms with Gasteiger partial charge in [-0.3, -0.25) is 4.90 Å². The predicted octanol–water partition coefficient (Wildman–Crippen LogP) is 3.29. The summed E-state index contributed by atoms with van der Waals surface area (Å²) in [6.07, 6.45) is 1.20. The van der Waals surface area contributed by atoms with Crippen molar-refractivity contribution in [3.05, 3.63) is 33.3 Å². The number of hydrogen-bond acceptors (Lipinski definition) is 2. The van der Waals surface area contributed by atoms with Gasteiger partial charge in [-0.2, -0.15) is 0 Å². The van der Waals surface area contributed by atoms with Crippen LogP contribution in [0.15, 0.2) is 22.7 Å². The standard InChI is InChI=1S/C13H18BrClN2/c1-10-4-5-16-6-7-17(10)9-11-2-3-12(14)8-13(11)15/h2-3,8,10,16H,4-7,9H2,1H3. The Hall–Kier alpha value is -0.0900. The number of nitrogens with zero attached hydrogens (tertiary/aromatic N) is 1. The topological polar surface area (TPSA) is 15.3 Å². The summed E-state index contributed by atoms with van der Waals surface area (Å²) >= 11 is 9.70. The summed E-state index contributed by atoms with van der Waals surface area (Å²) in [5, 5.41) is 4.29. The zero-order valence-corrected chi connectivity index (χ0v) is 12.4. The molecule has 0 bridgehead atoms. The molecule has 0 aliphatic carbocycles. The molecule has 0 amide bonds. The van der Waals surface area contributed by atoms with E-state index < -0.39 is 0 Å². The van der Waals surface area contributed by atoms with Crippen LogP contribution in [0.4, 0.5) is 0 Å². The van der Waals surface area contributed by atoms with E-state index in [9.17, 15) is 0 Å². The van der Waals surface area contributed by atoms with Crippen molar-refractivity contribution in [1.82, 2.24) is 10.2 Å². The van der Waals surface area contributed by atoms with Crippen LogP contribution < -0.4 is 5.32 Å². The second-order valence-corrected chi connectivity index (χ2v) is 5.92. The minimum absolute atomic E-state index is 0.615. The largest absolute Gasteiger partial charge is 0.315 e. The van der Waals surface area contributed by atoms with E-state index in [0.29, 0.717) is 6.04 Å². The van der Waals surface area contributed by atoms with E-state index in [1.807, 2.05) is 6.07 Å². The van der Waals surface area contributed by atoms with Crippen LogP contribution in [-0.4, -0.2) is 30.6 Å². The molecule has 1 fully saturated rings. The molecule has 1 aliphatic heterocycles. The van der Waals surface area contributed by atoms with Crippen molar-refractivity contribution < 1.29 is 0 Å². The normalized spacial score (nSPS) is 22.4. The Morgan fingerprint density at radius 3 is 3.06 bits per heavy atom. The fourth-order valence-corrected chi connectivity index (χ4v) is 2.90. The van der Waals surface area contributed by atoms with Crippen LogP contribution in [0.3, 0.4) is 0 Å². The summed E-state index contributed by atoms with van der Waals surface area (Å²) in [6, 6.07) is 6.75. The molecule has 1 aromatic carbocycles. The van der Waals surface area contributed by atoms with E-state index in [1.165, 1.54) is 12.0 Å². The average molecular weight is 318 g/mol. The molecule has 2 nitrogen and oxygen atoms in total. The molecular weight excluding hydrogens is 300 g/mol. The lowest BCUT2D eigenvalue weighted by molar-refractivity contribution is 0.211. The summed E-state index contributed by atoms with van der Waals surface area (Å²) in [6.45, 7) is 6.51. The highest BCUT2D eigenvalue weighted by molar-refractivity contribution is 9.10. The van der Waals surface area contributed by atoms with Gasteiger partial charge in [-0.1, -0.05) is 33.6 Å². The first kappa shape index (κ1) is 13.3. The summed E-state index contributed by atoms with van der Waals surface area (Å²) < 4.78 is 1.04. The van der Waals surface area contributed by atoms with Crippen molar-refractivity contribution in [3.63, 3.8) is 0 Å². The molecule has 1 N–H and O–H groups in total. The van der Waals surface area contributed by atoms with Crippen LogP contribution in [-0.2, 0) is 6.54 Å². The van der Waals surface area contributed by atoms with E-state index in [4.69, 9.17) is 11.6 Å². The summed E-state index contributed by atoms with van der Waals surface area (Å²) in [4.78, 5) is 2.50. The molecule has 94 valence electrons. The van der Waals surface area contributed by atoms with Gasteiger partial charge in [0, 0.05) is 35.2 Å². The van der Waals surface area contributed by atoms with Crippen molar-refractivity contribution in [2.24, 2.45) is 0 Å². The molecule has 2 rings (SSSR count).